The van der Waals surface area contributed by atoms with Crippen LogP contribution in [-0.2, 0) is 13.6 Å². The number of hydrogen-bond donors (Lipinski definition) is 2. The van der Waals surface area contributed by atoms with Crippen LogP contribution in [0, 0.1) is 0 Å². The fourth-order valence-corrected chi connectivity index (χ4v) is 3.11. The van der Waals surface area contributed by atoms with Crippen LogP contribution in [0.4, 0.5) is 0 Å². The van der Waals surface area contributed by atoms with Crippen molar-refractivity contribution < 1.29 is 5.11 Å². The van der Waals surface area contributed by atoms with Gasteiger partial charge in [-0.25, -0.2) is 0 Å². The number of nitrogens with two attached hydrogens (primary N) is 1. The number of nitrogens with zero attached hydrogens (tertiary/aromatic N) is 3. The normalized spacial score (nSPS) is 19.2. The average molecular weight is 242 g/mol. The molecule has 90 valence electrons. The lowest BCUT2D eigenvalue weighted by Gasteiger charge is -2.20. The van der Waals surface area contributed by atoms with Crippen molar-refractivity contribution in [2.75, 3.05) is 5.75 Å². The predicted molar refractivity (Wildman–Crippen MR) is 63.0 cm³/mol. The molecule has 5 nitrogen and oxygen atoms in total. The van der Waals surface area contributed by atoms with E-state index in [9.17, 15) is 5.11 Å². The van der Waals surface area contributed by atoms with Crippen molar-refractivity contribution in [3.8, 4) is 0 Å². The molecule has 1 fully saturated rings. The van der Waals surface area contributed by atoms with E-state index in [0.717, 1.165) is 36.7 Å². The number of rotatable bonds is 4. The van der Waals surface area contributed by atoms with Gasteiger partial charge in [0.05, 0.1) is 12.1 Å². The summed E-state index contributed by atoms with van der Waals surface area (Å²) >= 11 is 1.56. The van der Waals surface area contributed by atoms with E-state index < -0.39 is 5.60 Å². The van der Waals surface area contributed by atoms with Crippen molar-refractivity contribution in [3.05, 3.63) is 5.82 Å². The lowest BCUT2D eigenvalue weighted by Crippen LogP contribution is -2.27. The summed E-state index contributed by atoms with van der Waals surface area (Å²) in [7, 11) is 1.91. The molecule has 0 aromatic carbocycles. The van der Waals surface area contributed by atoms with Crippen molar-refractivity contribution in [1.82, 2.24) is 14.8 Å². The number of hydrogen-bond acceptors (Lipinski definition) is 5. The van der Waals surface area contributed by atoms with Crippen molar-refractivity contribution in [2.24, 2.45) is 12.8 Å². The molecule has 3 N–H and O–H groups in total. The summed E-state index contributed by atoms with van der Waals surface area (Å²) < 4.78 is 1.89. The van der Waals surface area contributed by atoms with Crippen LogP contribution in [0.1, 0.15) is 31.5 Å². The van der Waals surface area contributed by atoms with Crippen molar-refractivity contribution >= 4 is 11.8 Å². The van der Waals surface area contributed by atoms with Gasteiger partial charge in [0.2, 0.25) is 0 Å². The average Bonchev–Trinajstić information content (AvgIpc) is 2.84. The second-order valence-electron chi connectivity index (χ2n) is 4.38. The topological polar surface area (TPSA) is 77.0 Å². The van der Waals surface area contributed by atoms with Gasteiger partial charge in [0.1, 0.15) is 5.82 Å². The maximum Gasteiger partial charge on any atom is 0.191 e. The van der Waals surface area contributed by atoms with E-state index in [1.807, 2.05) is 11.6 Å². The molecule has 16 heavy (non-hydrogen) atoms. The first-order valence-corrected chi connectivity index (χ1v) is 6.57. The zero-order chi connectivity index (χ0) is 11.6. The molecule has 0 bridgehead atoms. The van der Waals surface area contributed by atoms with E-state index in [-0.39, 0.29) is 0 Å². The van der Waals surface area contributed by atoms with Gasteiger partial charge in [-0.15, -0.1) is 10.2 Å². The smallest absolute Gasteiger partial charge is 0.191 e. The summed E-state index contributed by atoms with van der Waals surface area (Å²) in [5.74, 6) is 1.48. The fourth-order valence-electron chi connectivity index (χ4n) is 2.02. The predicted octanol–water partition coefficient (Wildman–Crippen LogP) is 0.671. The van der Waals surface area contributed by atoms with E-state index in [1.165, 1.54) is 0 Å². The number of thioether (sulfide) groups is 1. The SMILES string of the molecule is Cn1c(CN)nnc1SCC1(O)CCCC1. The lowest BCUT2D eigenvalue weighted by atomic mass is 10.1. The zero-order valence-electron chi connectivity index (χ0n) is 9.52. The molecule has 0 atom stereocenters. The third-order valence-corrected chi connectivity index (χ3v) is 4.41. The molecular formula is C10H18N4OS. The summed E-state index contributed by atoms with van der Waals surface area (Å²) in [4.78, 5) is 0. The lowest BCUT2D eigenvalue weighted by molar-refractivity contribution is 0.0732. The second kappa shape index (κ2) is 4.73. The molecule has 0 aliphatic heterocycles. The maximum atomic E-state index is 10.2. The maximum absolute atomic E-state index is 10.2. The Balaban J connectivity index is 1.96. The van der Waals surface area contributed by atoms with E-state index in [2.05, 4.69) is 10.2 Å². The van der Waals surface area contributed by atoms with Gasteiger partial charge in [-0.05, 0) is 12.8 Å². The molecule has 1 aliphatic carbocycles. The summed E-state index contributed by atoms with van der Waals surface area (Å²) in [5, 5.41) is 19.1. The first kappa shape index (κ1) is 11.9. The van der Waals surface area contributed by atoms with Crippen LogP contribution in [0.2, 0.25) is 0 Å². The largest absolute Gasteiger partial charge is 0.389 e. The van der Waals surface area contributed by atoms with Crippen LogP contribution < -0.4 is 5.73 Å². The summed E-state index contributed by atoms with van der Waals surface area (Å²) in [6.07, 6.45) is 4.07. The van der Waals surface area contributed by atoms with Crippen LogP contribution in [-0.4, -0.2) is 31.2 Å². The van der Waals surface area contributed by atoms with Crippen molar-refractivity contribution in [2.45, 2.75) is 43.0 Å². The van der Waals surface area contributed by atoms with Crippen molar-refractivity contribution in [3.63, 3.8) is 0 Å². The first-order valence-electron chi connectivity index (χ1n) is 5.58. The molecule has 1 aromatic rings. The van der Waals surface area contributed by atoms with Crippen LogP contribution in [0.15, 0.2) is 5.16 Å². The highest BCUT2D eigenvalue weighted by Gasteiger charge is 2.31. The highest BCUT2D eigenvalue weighted by atomic mass is 32.2. The highest BCUT2D eigenvalue weighted by molar-refractivity contribution is 7.99. The van der Waals surface area contributed by atoms with Gasteiger partial charge < -0.3 is 15.4 Å². The van der Waals surface area contributed by atoms with Crippen LogP contribution >= 0.6 is 11.8 Å². The molecule has 0 radical (unpaired) electrons. The van der Waals surface area contributed by atoms with Gasteiger partial charge in [0, 0.05) is 12.8 Å². The van der Waals surface area contributed by atoms with Gasteiger partial charge in [0.15, 0.2) is 5.16 Å². The van der Waals surface area contributed by atoms with Gasteiger partial charge >= 0.3 is 0 Å². The van der Waals surface area contributed by atoms with E-state index >= 15 is 0 Å². The fraction of sp³-hybridized carbons (Fsp3) is 0.800. The third kappa shape index (κ3) is 2.39. The van der Waals surface area contributed by atoms with Gasteiger partial charge in [0.25, 0.3) is 0 Å². The Morgan fingerprint density at radius 2 is 2.12 bits per heavy atom. The Labute approximate surface area is 99.4 Å². The molecule has 0 saturated heterocycles. The molecule has 2 rings (SSSR count). The third-order valence-electron chi connectivity index (χ3n) is 3.11. The summed E-state index contributed by atoms with van der Waals surface area (Å²) in [5.41, 5.74) is 5.03. The Morgan fingerprint density at radius 3 is 2.69 bits per heavy atom. The highest BCUT2D eigenvalue weighted by Crippen LogP contribution is 2.34. The van der Waals surface area contributed by atoms with Gasteiger partial charge in [-0.2, -0.15) is 0 Å². The molecule has 1 aromatic heterocycles. The molecule has 0 spiro atoms. The monoisotopic (exact) mass is 242 g/mol. The Bertz CT molecular complexity index is 360. The Kier molecular flexibility index (Phi) is 3.51. The number of aromatic nitrogens is 3. The van der Waals surface area contributed by atoms with Crippen LogP contribution in [0.3, 0.4) is 0 Å². The van der Waals surface area contributed by atoms with E-state index in [0.29, 0.717) is 12.3 Å². The summed E-state index contributed by atoms with van der Waals surface area (Å²) in [6.45, 7) is 0.397. The zero-order valence-corrected chi connectivity index (χ0v) is 10.3. The second-order valence-corrected chi connectivity index (χ2v) is 5.32. The molecule has 6 heteroatoms. The quantitative estimate of drug-likeness (QED) is 0.759. The van der Waals surface area contributed by atoms with Gasteiger partial charge in [-0.1, -0.05) is 24.6 Å². The minimum Gasteiger partial charge on any atom is -0.389 e. The van der Waals surface area contributed by atoms with E-state index in [1.54, 1.807) is 11.8 Å². The standard InChI is InChI=1S/C10H18N4OS/c1-14-8(6-11)12-13-9(14)16-7-10(15)4-2-3-5-10/h15H,2-7,11H2,1H3. The molecule has 1 heterocycles. The van der Waals surface area contributed by atoms with Crippen LogP contribution in [0.5, 0.6) is 0 Å². The minimum absolute atomic E-state index is 0.397. The molecule has 1 saturated carbocycles. The molecule has 0 unspecified atom stereocenters. The van der Waals surface area contributed by atoms with E-state index in [4.69, 9.17) is 5.73 Å². The number of aliphatic hydroxyl groups is 1. The first-order chi connectivity index (χ1) is 7.64. The van der Waals surface area contributed by atoms with Crippen LogP contribution in [0.25, 0.3) is 0 Å². The molecule has 1 aliphatic rings. The molecule has 0 amide bonds. The Morgan fingerprint density at radius 1 is 1.44 bits per heavy atom. The Hall–Kier alpha value is -0.590. The minimum atomic E-state index is -0.501. The molecular weight excluding hydrogens is 224 g/mol. The summed E-state index contributed by atoms with van der Waals surface area (Å²) in [6, 6.07) is 0. The van der Waals surface area contributed by atoms with Gasteiger partial charge in [-0.3, -0.25) is 0 Å². The van der Waals surface area contributed by atoms with Crippen molar-refractivity contribution in [1.29, 1.82) is 0 Å².